The number of allylic oxidation sites excluding steroid dienone is 1. The van der Waals surface area contributed by atoms with Crippen LogP contribution in [-0.4, -0.2) is 0 Å². The summed E-state index contributed by atoms with van der Waals surface area (Å²) in [5.41, 5.74) is 4.75. The average Bonchev–Trinajstić information content (AvgIpc) is 2.07. The fourth-order valence-corrected chi connectivity index (χ4v) is 0.904. The van der Waals surface area contributed by atoms with Crippen molar-refractivity contribution in [2.24, 2.45) is 5.84 Å². The van der Waals surface area contributed by atoms with Gasteiger partial charge in [-0.15, -0.1) is 6.58 Å². The van der Waals surface area contributed by atoms with Crippen molar-refractivity contribution in [2.75, 3.05) is 5.43 Å². The minimum Gasteiger partial charge on any atom is -0.324 e. The van der Waals surface area contributed by atoms with Crippen molar-refractivity contribution in [3.05, 3.63) is 42.5 Å². The number of hydrazine groups is 1. The van der Waals surface area contributed by atoms with Crippen molar-refractivity contribution >= 4 is 5.69 Å². The van der Waals surface area contributed by atoms with E-state index in [-0.39, 0.29) is 0 Å². The zero-order chi connectivity index (χ0) is 8.10. The second kappa shape index (κ2) is 3.78. The Morgan fingerprint density at radius 1 is 1.36 bits per heavy atom. The van der Waals surface area contributed by atoms with Gasteiger partial charge in [-0.25, -0.2) is 0 Å². The molecule has 2 heteroatoms. The van der Waals surface area contributed by atoms with E-state index in [9.17, 15) is 0 Å². The van der Waals surface area contributed by atoms with Gasteiger partial charge in [0.05, 0.1) is 0 Å². The summed E-state index contributed by atoms with van der Waals surface area (Å²) in [4.78, 5) is 0. The molecule has 0 amide bonds. The van der Waals surface area contributed by atoms with Crippen LogP contribution in [-0.2, 0) is 6.42 Å². The molecule has 0 aliphatic rings. The molecule has 0 spiro atoms. The molecule has 0 unspecified atom stereocenters. The molecule has 2 nitrogen and oxygen atoms in total. The van der Waals surface area contributed by atoms with Crippen molar-refractivity contribution in [3.63, 3.8) is 0 Å². The molecule has 0 bridgehead atoms. The Bertz CT molecular complexity index is 226. The topological polar surface area (TPSA) is 38.0 Å². The Morgan fingerprint density at radius 3 is 2.45 bits per heavy atom. The Morgan fingerprint density at radius 2 is 2.00 bits per heavy atom. The van der Waals surface area contributed by atoms with Crippen molar-refractivity contribution < 1.29 is 0 Å². The van der Waals surface area contributed by atoms with Gasteiger partial charge in [0.25, 0.3) is 0 Å². The maximum Gasteiger partial charge on any atom is 0.0485 e. The molecule has 3 N–H and O–H groups in total. The number of benzene rings is 1. The quantitative estimate of drug-likeness (QED) is 0.389. The molecule has 0 aromatic heterocycles. The molecule has 0 fully saturated rings. The van der Waals surface area contributed by atoms with E-state index in [0.29, 0.717) is 0 Å². The largest absolute Gasteiger partial charge is 0.324 e. The summed E-state index contributed by atoms with van der Waals surface area (Å²) in [6, 6.07) is 7.94. The molecule has 0 aliphatic heterocycles. The Labute approximate surface area is 66.7 Å². The van der Waals surface area contributed by atoms with Crippen molar-refractivity contribution in [3.8, 4) is 0 Å². The zero-order valence-corrected chi connectivity index (χ0v) is 6.38. The van der Waals surface area contributed by atoms with E-state index in [1.54, 1.807) is 0 Å². The van der Waals surface area contributed by atoms with Gasteiger partial charge >= 0.3 is 0 Å². The van der Waals surface area contributed by atoms with E-state index in [4.69, 9.17) is 5.84 Å². The van der Waals surface area contributed by atoms with Crippen LogP contribution in [0.2, 0.25) is 0 Å². The maximum atomic E-state index is 5.20. The number of hydrogen-bond donors (Lipinski definition) is 2. The predicted octanol–water partition coefficient (Wildman–Crippen LogP) is 1.70. The molecule has 11 heavy (non-hydrogen) atoms. The summed E-state index contributed by atoms with van der Waals surface area (Å²) in [7, 11) is 0. The number of hydrogen-bond acceptors (Lipinski definition) is 2. The first-order valence-corrected chi connectivity index (χ1v) is 3.53. The van der Waals surface area contributed by atoms with Gasteiger partial charge in [-0.3, -0.25) is 5.84 Å². The minimum absolute atomic E-state index is 0.908. The first-order chi connectivity index (χ1) is 5.36. The molecular weight excluding hydrogens is 136 g/mol. The molecule has 0 aliphatic carbocycles. The third kappa shape index (κ3) is 2.09. The van der Waals surface area contributed by atoms with Crippen LogP contribution in [0.15, 0.2) is 36.9 Å². The highest BCUT2D eigenvalue weighted by atomic mass is 15.2. The number of nitrogens with one attached hydrogen (secondary N) is 1. The van der Waals surface area contributed by atoms with Crippen LogP contribution in [0.1, 0.15) is 5.56 Å². The van der Waals surface area contributed by atoms with E-state index >= 15 is 0 Å². The Kier molecular flexibility index (Phi) is 2.69. The van der Waals surface area contributed by atoms with Gasteiger partial charge < -0.3 is 5.43 Å². The standard InChI is InChI=1S/C9H12N2/c1-2-3-8-4-6-9(11-10)7-5-8/h2,4-7,11H,1,3,10H2. The molecule has 1 aromatic rings. The van der Waals surface area contributed by atoms with Gasteiger partial charge in [0, 0.05) is 5.69 Å². The molecule has 1 rings (SSSR count). The second-order valence-electron chi connectivity index (χ2n) is 2.33. The predicted molar refractivity (Wildman–Crippen MR) is 48.2 cm³/mol. The molecule has 58 valence electrons. The lowest BCUT2D eigenvalue weighted by molar-refractivity contribution is 1.26. The highest BCUT2D eigenvalue weighted by Crippen LogP contribution is 2.08. The average molecular weight is 148 g/mol. The normalized spacial score (nSPS) is 9.18. The summed E-state index contributed by atoms with van der Waals surface area (Å²) in [6.07, 6.45) is 2.79. The fraction of sp³-hybridized carbons (Fsp3) is 0.111. The van der Waals surface area contributed by atoms with Crippen molar-refractivity contribution in [1.29, 1.82) is 0 Å². The zero-order valence-electron chi connectivity index (χ0n) is 6.38. The molecule has 1 aromatic carbocycles. The highest BCUT2D eigenvalue weighted by molar-refractivity contribution is 5.43. The molecular formula is C9H12N2. The fourth-order valence-electron chi connectivity index (χ4n) is 0.904. The number of rotatable bonds is 3. The first kappa shape index (κ1) is 7.82. The van der Waals surface area contributed by atoms with Gasteiger partial charge in [-0.2, -0.15) is 0 Å². The molecule has 0 saturated heterocycles. The molecule has 0 radical (unpaired) electrons. The third-order valence-electron chi connectivity index (χ3n) is 1.50. The lowest BCUT2D eigenvalue weighted by Gasteiger charge is -1.99. The minimum atomic E-state index is 0.908. The van der Waals surface area contributed by atoms with Crippen LogP contribution >= 0.6 is 0 Å². The van der Waals surface area contributed by atoms with E-state index in [0.717, 1.165) is 12.1 Å². The third-order valence-corrected chi connectivity index (χ3v) is 1.50. The summed E-state index contributed by atoms with van der Waals surface area (Å²) >= 11 is 0. The second-order valence-corrected chi connectivity index (χ2v) is 2.33. The summed E-state index contributed by atoms with van der Waals surface area (Å²) < 4.78 is 0. The number of anilines is 1. The summed E-state index contributed by atoms with van der Waals surface area (Å²) in [6.45, 7) is 3.66. The van der Waals surface area contributed by atoms with Crippen LogP contribution in [0.5, 0.6) is 0 Å². The SMILES string of the molecule is C=CCc1ccc(NN)cc1. The van der Waals surface area contributed by atoms with Gasteiger partial charge in [-0.1, -0.05) is 18.2 Å². The number of nitrogens with two attached hydrogens (primary N) is 1. The first-order valence-electron chi connectivity index (χ1n) is 3.53. The van der Waals surface area contributed by atoms with Gasteiger partial charge in [0.15, 0.2) is 0 Å². The Hall–Kier alpha value is -1.28. The van der Waals surface area contributed by atoms with E-state index in [1.807, 2.05) is 30.3 Å². The van der Waals surface area contributed by atoms with Crippen LogP contribution < -0.4 is 11.3 Å². The van der Waals surface area contributed by atoms with Gasteiger partial charge in [0.2, 0.25) is 0 Å². The lowest BCUT2D eigenvalue weighted by Crippen LogP contribution is -2.06. The highest BCUT2D eigenvalue weighted by Gasteiger charge is 1.88. The number of nitrogen functional groups attached to an aromatic ring is 1. The van der Waals surface area contributed by atoms with Crippen LogP contribution in [0.3, 0.4) is 0 Å². The van der Waals surface area contributed by atoms with E-state index in [2.05, 4.69) is 12.0 Å². The van der Waals surface area contributed by atoms with E-state index < -0.39 is 0 Å². The van der Waals surface area contributed by atoms with Crippen LogP contribution in [0, 0.1) is 0 Å². The molecule has 0 saturated carbocycles. The van der Waals surface area contributed by atoms with Crippen molar-refractivity contribution in [1.82, 2.24) is 0 Å². The van der Waals surface area contributed by atoms with Gasteiger partial charge in [-0.05, 0) is 24.1 Å². The molecule has 0 heterocycles. The lowest BCUT2D eigenvalue weighted by atomic mass is 10.1. The Balaban J connectivity index is 2.74. The smallest absolute Gasteiger partial charge is 0.0485 e. The maximum absolute atomic E-state index is 5.20. The monoisotopic (exact) mass is 148 g/mol. The van der Waals surface area contributed by atoms with Crippen molar-refractivity contribution in [2.45, 2.75) is 6.42 Å². The van der Waals surface area contributed by atoms with Crippen LogP contribution in [0.4, 0.5) is 5.69 Å². The summed E-state index contributed by atoms with van der Waals surface area (Å²) in [5.74, 6) is 5.20. The summed E-state index contributed by atoms with van der Waals surface area (Å²) in [5, 5.41) is 0. The van der Waals surface area contributed by atoms with Crippen LogP contribution in [0.25, 0.3) is 0 Å². The van der Waals surface area contributed by atoms with Gasteiger partial charge in [0.1, 0.15) is 0 Å². The molecule has 0 atom stereocenters. The van der Waals surface area contributed by atoms with E-state index in [1.165, 1.54) is 5.56 Å².